The molecule has 2 aromatic rings. The average Bonchev–Trinajstić information content (AvgIpc) is 3.17. The summed E-state index contributed by atoms with van der Waals surface area (Å²) < 4.78 is 5.43. The highest BCUT2D eigenvalue weighted by Gasteiger charge is 2.31. The molecule has 1 amide bonds. The van der Waals surface area contributed by atoms with Crippen molar-refractivity contribution in [2.75, 3.05) is 48.4 Å². The highest BCUT2D eigenvalue weighted by atomic mass is 16.5. The third-order valence-corrected chi connectivity index (χ3v) is 5.10. The number of aliphatic hydroxyl groups excluding tert-OH is 1. The van der Waals surface area contributed by atoms with Crippen molar-refractivity contribution in [1.29, 1.82) is 0 Å². The molecule has 2 aliphatic heterocycles. The number of carbonyl (C=O) groups excluding carboxylic acids is 1. The minimum atomic E-state index is -0.855. The summed E-state index contributed by atoms with van der Waals surface area (Å²) in [7, 11) is 0. The highest BCUT2D eigenvalue weighted by Crippen LogP contribution is 2.36. The number of nitrogens with zero attached hydrogens (tertiary/aromatic N) is 6. The molecule has 0 aromatic carbocycles. The zero-order valence-electron chi connectivity index (χ0n) is 16.0. The van der Waals surface area contributed by atoms with Crippen molar-refractivity contribution in [3.05, 3.63) is 18.0 Å². The Morgan fingerprint density at radius 1 is 1.21 bits per heavy atom. The van der Waals surface area contributed by atoms with Crippen LogP contribution in [0.4, 0.5) is 17.7 Å². The van der Waals surface area contributed by atoms with Crippen molar-refractivity contribution < 1.29 is 14.6 Å². The molecule has 2 aromatic heterocycles. The van der Waals surface area contributed by atoms with E-state index in [0.717, 1.165) is 16.8 Å². The van der Waals surface area contributed by atoms with E-state index in [2.05, 4.69) is 14.9 Å². The molecule has 11 nitrogen and oxygen atoms in total. The van der Waals surface area contributed by atoms with Crippen molar-refractivity contribution in [2.45, 2.75) is 25.5 Å². The Hall–Kier alpha value is -3.05. The normalized spacial score (nSPS) is 17.3. The van der Waals surface area contributed by atoms with E-state index < -0.39 is 12.1 Å². The Bertz CT molecular complexity index is 885. The van der Waals surface area contributed by atoms with Crippen LogP contribution in [0.25, 0.3) is 11.3 Å². The van der Waals surface area contributed by atoms with Gasteiger partial charge < -0.3 is 31.1 Å². The maximum absolute atomic E-state index is 11.1. The number of primary amides is 1. The van der Waals surface area contributed by atoms with Crippen LogP contribution < -0.4 is 21.3 Å². The third-order valence-electron chi connectivity index (χ3n) is 5.10. The topological polar surface area (TPSA) is 157 Å². The molecule has 2 aliphatic rings. The monoisotopic (exact) mass is 400 g/mol. The van der Waals surface area contributed by atoms with Gasteiger partial charge in [0.25, 0.3) is 0 Å². The number of aromatic nitrogens is 4. The number of anilines is 3. The van der Waals surface area contributed by atoms with Crippen LogP contribution in [-0.2, 0) is 16.0 Å². The van der Waals surface area contributed by atoms with Crippen LogP contribution in [0.15, 0.2) is 12.4 Å². The maximum Gasteiger partial charge on any atom is 0.228 e. The fraction of sp³-hybridized carbons (Fsp3) is 0.500. The van der Waals surface area contributed by atoms with Crippen LogP contribution in [0.1, 0.15) is 18.4 Å². The number of nitrogen functional groups attached to an aromatic ring is 1. The molecule has 1 unspecified atom stereocenters. The standard InChI is InChI=1S/C18H24N8O3/c19-13(27)1-2-14(28)26-4-3-12-15(11-9-21-17(20)22-10-11)23-18(24-16(12)26)25-5-7-29-8-6-25/h9-10,14,28H,1-8H2,(H2,19,27)(H2,20,21,22). The smallest absolute Gasteiger partial charge is 0.228 e. The molecule has 4 heterocycles. The molecule has 1 saturated heterocycles. The van der Waals surface area contributed by atoms with Crippen LogP contribution in [0.3, 0.4) is 0 Å². The molecule has 0 aliphatic carbocycles. The molecular weight excluding hydrogens is 376 g/mol. The van der Waals surface area contributed by atoms with E-state index in [9.17, 15) is 9.90 Å². The quantitative estimate of drug-likeness (QED) is 0.566. The minimum Gasteiger partial charge on any atom is -0.378 e. The number of rotatable bonds is 6. The first-order chi connectivity index (χ1) is 14.0. The lowest BCUT2D eigenvalue weighted by molar-refractivity contribution is -0.118. The Kier molecular flexibility index (Phi) is 5.41. The second-order valence-electron chi connectivity index (χ2n) is 7.03. The number of carbonyl (C=O) groups is 1. The lowest BCUT2D eigenvalue weighted by Gasteiger charge is -2.29. The first-order valence-corrected chi connectivity index (χ1v) is 9.57. The van der Waals surface area contributed by atoms with Gasteiger partial charge in [0.1, 0.15) is 12.0 Å². The lowest BCUT2D eigenvalue weighted by atomic mass is 10.1. The predicted octanol–water partition coefficient (Wildman–Crippen LogP) is -0.701. The molecule has 0 radical (unpaired) electrons. The first-order valence-electron chi connectivity index (χ1n) is 9.57. The van der Waals surface area contributed by atoms with E-state index in [-0.39, 0.29) is 18.8 Å². The summed E-state index contributed by atoms with van der Waals surface area (Å²) in [5.74, 6) is 0.967. The number of fused-ring (bicyclic) bond motifs is 1. The summed E-state index contributed by atoms with van der Waals surface area (Å²) in [6, 6.07) is 0. The maximum atomic E-state index is 11.1. The number of nitrogens with two attached hydrogens (primary N) is 2. The van der Waals surface area contributed by atoms with Gasteiger partial charge in [0.2, 0.25) is 17.8 Å². The number of ether oxygens (including phenoxy) is 1. The van der Waals surface area contributed by atoms with Gasteiger partial charge >= 0.3 is 0 Å². The molecule has 0 spiro atoms. The average molecular weight is 400 g/mol. The molecule has 11 heteroatoms. The minimum absolute atomic E-state index is 0.104. The molecule has 29 heavy (non-hydrogen) atoms. The van der Waals surface area contributed by atoms with E-state index in [4.69, 9.17) is 26.2 Å². The van der Waals surface area contributed by atoms with Gasteiger partial charge in [0.05, 0.1) is 18.9 Å². The van der Waals surface area contributed by atoms with Crippen molar-refractivity contribution in [3.63, 3.8) is 0 Å². The zero-order valence-corrected chi connectivity index (χ0v) is 16.0. The number of hydrogen-bond donors (Lipinski definition) is 3. The molecule has 0 saturated carbocycles. The van der Waals surface area contributed by atoms with E-state index in [1.165, 1.54) is 0 Å². The summed E-state index contributed by atoms with van der Waals surface area (Å²) in [5, 5.41) is 10.6. The Balaban J connectivity index is 1.73. The highest BCUT2D eigenvalue weighted by molar-refractivity contribution is 5.74. The van der Waals surface area contributed by atoms with Gasteiger partial charge in [0.15, 0.2) is 0 Å². The number of hydrogen-bond acceptors (Lipinski definition) is 10. The van der Waals surface area contributed by atoms with Crippen molar-refractivity contribution in [3.8, 4) is 11.3 Å². The van der Waals surface area contributed by atoms with Crippen molar-refractivity contribution in [2.24, 2.45) is 5.73 Å². The predicted molar refractivity (Wildman–Crippen MR) is 106 cm³/mol. The Morgan fingerprint density at radius 3 is 2.62 bits per heavy atom. The van der Waals surface area contributed by atoms with Gasteiger partial charge in [-0.15, -0.1) is 0 Å². The lowest BCUT2D eigenvalue weighted by Crippen LogP contribution is -2.38. The largest absolute Gasteiger partial charge is 0.378 e. The van der Waals surface area contributed by atoms with Gasteiger partial charge in [-0.25, -0.2) is 15.0 Å². The van der Waals surface area contributed by atoms with Crippen molar-refractivity contribution >= 4 is 23.6 Å². The van der Waals surface area contributed by atoms with Crippen LogP contribution >= 0.6 is 0 Å². The molecule has 1 fully saturated rings. The second kappa shape index (κ2) is 8.13. The molecule has 1 atom stereocenters. The van der Waals surface area contributed by atoms with E-state index >= 15 is 0 Å². The molecular formula is C18H24N8O3. The van der Waals surface area contributed by atoms with Crippen LogP contribution in [0, 0.1) is 0 Å². The first kappa shape index (κ1) is 19.3. The summed E-state index contributed by atoms with van der Waals surface area (Å²) >= 11 is 0. The van der Waals surface area contributed by atoms with Gasteiger partial charge in [-0.2, -0.15) is 4.98 Å². The fourth-order valence-electron chi connectivity index (χ4n) is 3.59. The molecule has 154 valence electrons. The van der Waals surface area contributed by atoms with Gasteiger partial charge in [-0.3, -0.25) is 4.79 Å². The molecule has 5 N–H and O–H groups in total. The van der Waals surface area contributed by atoms with Crippen LogP contribution in [0.2, 0.25) is 0 Å². The summed E-state index contributed by atoms with van der Waals surface area (Å²) in [6.45, 7) is 3.14. The summed E-state index contributed by atoms with van der Waals surface area (Å²) in [5.41, 5.74) is 13.2. The Labute approximate surface area is 167 Å². The van der Waals surface area contributed by atoms with Gasteiger partial charge in [0, 0.05) is 56.0 Å². The van der Waals surface area contributed by atoms with Gasteiger partial charge in [-0.1, -0.05) is 0 Å². The number of aliphatic hydroxyl groups is 1. The third kappa shape index (κ3) is 4.05. The van der Waals surface area contributed by atoms with E-state index in [0.29, 0.717) is 51.0 Å². The van der Waals surface area contributed by atoms with Crippen LogP contribution in [-0.4, -0.2) is 70.0 Å². The summed E-state index contributed by atoms with van der Waals surface area (Å²) in [6.07, 6.45) is 3.43. The SMILES string of the molecule is NC(=O)CCC(O)N1CCc2c(-c3cnc(N)nc3)nc(N3CCOCC3)nc21. The van der Waals surface area contributed by atoms with E-state index in [1.807, 2.05) is 0 Å². The number of morpholine rings is 1. The summed E-state index contributed by atoms with van der Waals surface area (Å²) in [4.78, 5) is 32.7. The fourth-order valence-corrected chi connectivity index (χ4v) is 3.59. The second-order valence-corrected chi connectivity index (χ2v) is 7.03. The molecule has 4 rings (SSSR count). The molecule has 0 bridgehead atoms. The van der Waals surface area contributed by atoms with E-state index in [1.54, 1.807) is 17.3 Å². The van der Waals surface area contributed by atoms with Crippen LogP contribution in [0.5, 0.6) is 0 Å². The Morgan fingerprint density at radius 2 is 1.93 bits per heavy atom. The van der Waals surface area contributed by atoms with Crippen molar-refractivity contribution in [1.82, 2.24) is 19.9 Å². The zero-order chi connectivity index (χ0) is 20.4. The van der Waals surface area contributed by atoms with Gasteiger partial charge in [-0.05, 0) is 6.42 Å². The number of amides is 1.